The molecule has 2 rings (SSSR count). The molecule has 0 aromatic heterocycles. The van der Waals surface area contributed by atoms with Crippen LogP contribution in [0.4, 0.5) is 5.69 Å². The third-order valence-electron chi connectivity index (χ3n) is 4.57. The van der Waals surface area contributed by atoms with E-state index in [9.17, 15) is 0 Å². The largest absolute Gasteiger partial charge is 0.367 e. The summed E-state index contributed by atoms with van der Waals surface area (Å²) in [6.07, 6.45) is 2.41. The first-order chi connectivity index (χ1) is 10.1. The summed E-state index contributed by atoms with van der Waals surface area (Å²) in [6.45, 7) is 8.02. The van der Waals surface area contributed by atoms with Gasteiger partial charge in [0, 0.05) is 35.3 Å². The summed E-state index contributed by atoms with van der Waals surface area (Å²) in [6, 6.07) is 7.65. The number of nitrogens with one attached hydrogen (secondary N) is 1. The van der Waals surface area contributed by atoms with E-state index in [4.69, 9.17) is 0 Å². The van der Waals surface area contributed by atoms with Crippen LogP contribution in [-0.2, 0) is 0 Å². The summed E-state index contributed by atoms with van der Waals surface area (Å²) in [4.78, 5) is 5.09. The molecule has 1 saturated heterocycles. The van der Waals surface area contributed by atoms with Crippen molar-refractivity contribution >= 4 is 21.6 Å². The van der Waals surface area contributed by atoms with E-state index >= 15 is 0 Å². The first kappa shape index (κ1) is 16.8. The Morgan fingerprint density at radius 3 is 2.81 bits per heavy atom. The van der Waals surface area contributed by atoms with Gasteiger partial charge in [-0.15, -0.1) is 0 Å². The van der Waals surface area contributed by atoms with Crippen LogP contribution in [0.25, 0.3) is 0 Å². The first-order valence-corrected chi connectivity index (χ1v) is 8.78. The van der Waals surface area contributed by atoms with Gasteiger partial charge in [0.15, 0.2) is 0 Å². The van der Waals surface area contributed by atoms with E-state index < -0.39 is 0 Å². The van der Waals surface area contributed by atoms with Crippen LogP contribution in [0.1, 0.15) is 38.3 Å². The van der Waals surface area contributed by atoms with Gasteiger partial charge in [-0.1, -0.05) is 28.9 Å². The average Bonchev–Trinajstić information content (AvgIpc) is 2.67. The Hall–Kier alpha value is -0.580. The Kier molecular flexibility index (Phi) is 6.08. The maximum Gasteiger partial charge on any atom is 0.0428 e. The second-order valence-corrected chi connectivity index (χ2v) is 7.00. The Morgan fingerprint density at radius 2 is 2.14 bits per heavy atom. The second kappa shape index (κ2) is 7.61. The van der Waals surface area contributed by atoms with Crippen LogP contribution >= 0.6 is 15.9 Å². The predicted octanol–water partition coefficient (Wildman–Crippen LogP) is 3.65. The molecular formula is C17H28BrN3. The quantitative estimate of drug-likeness (QED) is 0.891. The van der Waals surface area contributed by atoms with Gasteiger partial charge in [0.05, 0.1) is 0 Å². The van der Waals surface area contributed by atoms with Crippen molar-refractivity contribution in [1.29, 1.82) is 0 Å². The number of benzene rings is 1. The van der Waals surface area contributed by atoms with Crippen molar-refractivity contribution < 1.29 is 0 Å². The topological polar surface area (TPSA) is 18.5 Å². The van der Waals surface area contributed by atoms with Crippen LogP contribution in [0.15, 0.2) is 22.7 Å². The zero-order chi connectivity index (χ0) is 15.4. The van der Waals surface area contributed by atoms with Gasteiger partial charge in [0.25, 0.3) is 0 Å². The molecule has 0 bridgehead atoms. The minimum Gasteiger partial charge on any atom is -0.367 e. The molecule has 1 N–H and O–H groups in total. The molecule has 0 saturated carbocycles. The van der Waals surface area contributed by atoms with E-state index in [-0.39, 0.29) is 0 Å². The number of nitrogens with zero attached hydrogens (tertiary/aromatic N) is 2. The predicted molar refractivity (Wildman–Crippen MR) is 95.2 cm³/mol. The van der Waals surface area contributed by atoms with Crippen LogP contribution < -0.4 is 10.2 Å². The Morgan fingerprint density at radius 1 is 1.38 bits per heavy atom. The zero-order valence-electron chi connectivity index (χ0n) is 13.7. The fraction of sp³-hybridized carbons (Fsp3) is 0.647. The number of anilines is 1. The molecular weight excluding hydrogens is 326 g/mol. The van der Waals surface area contributed by atoms with E-state index in [0.29, 0.717) is 12.1 Å². The molecule has 1 aliphatic heterocycles. The summed E-state index contributed by atoms with van der Waals surface area (Å²) in [5.41, 5.74) is 2.78. The van der Waals surface area contributed by atoms with E-state index in [0.717, 1.165) is 17.6 Å². The Labute approximate surface area is 137 Å². The Balaban J connectivity index is 2.39. The molecule has 1 aromatic rings. The summed E-state index contributed by atoms with van der Waals surface area (Å²) in [5.74, 6) is 0. The molecule has 1 fully saturated rings. The summed E-state index contributed by atoms with van der Waals surface area (Å²) >= 11 is 3.65. The number of likely N-dealkylation sites (N-methyl/N-ethyl adjacent to an activating group) is 1. The molecule has 3 nitrogen and oxygen atoms in total. The van der Waals surface area contributed by atoms with Crippen molar-refractivity contribution in [3.05, 3.63) is 28.2 Å². The first-order valence-electron chi connectivity index (χ1n) is 7.98. The van der Waals surface area contributed by atoms with Gasteiger partial charge < -0.3 is 15.1 Å². The fourth-order valence-electron chi connectivity index (χ4n) is 3.20. The lowest BCUT2D eigenvalue weighted by molar-refractivity contribution is 0.328. The van der Waals surface area contributed by atoms with Crippen molar-refractivity contribution in [2.24, 2.45) is 0 Å². The molecule has 1 aromatic carbocycles. The number of halogens is 1. The highest BCUT2D eigenvalue weighted by atomic mass is 79.9. The highest BCUT2D eigenvalue weighted by Gasteiger charge is 2.25. The van der Waals surface area contributed by atoms with Crippen molar-refractivity contribution in [1.82, 2.24) is 10.2 Å². The van der Waals surface area contributed by atoms with E-state index in [1.54, 1.807) is 0 Å². The van der Waals surface area contributed by atoms with E-state index in [2.05, 4.69) is 70.1 Å². The highest BCUT2D eigenvalue weighted by molar-refractivity contribution is 9.10. The smallest absolute Gasteiger partial charge is 0.0428 e. The summed E-state index contributed by atoms with van der Waals surface area (Å²) in [7, 11) is 4.27. The minimum absolute atomic E-state index is 0.367. The van der Waals surface area contributed by atoms with E-state index in [1.807, 2.05) is 7.05 Å². The van der Waals surface area contributed by atoms with E-state index in [1.165, 1.54) is 30.6 Å². The van der Waals surface area contributed by atoms with Gasteiger partial charge in [-0.25, -0.2) is 0 Å². The normalized spacial score (nSPS) is 22.1. The van der Waals surface area contributed by atoms with Gasteiger partial charge in [-0.05, 0) is 58.1 Å². The lowest BCUT2D eigenvalue weighted by Gasteiger charge is -2.35. The molecule has 1 heterocycles. The molecule has 0 radical (unpaired) electrons. The van der Waals surface area contributed by atoms with Crippen LogP contribution in [0, 0.1) is 0 Å². The molecule has 0 spiro atoms. The maximum atomic E-state index is 3.65. The minimum atomic E-state index is 0.367. The van der Waals surface area contributed by atoms with Crippen molar-refractivity contribution in [3.8, 4) is 0 Å². The standard InChI is InChI=1S/C17H28BrN3/c1-5-15-12-20(4)9-6-10-21(15)17-11-14(18)7-8-16(17)13(2)19-3/h7-8,11,13,15,19H,5-6,9-10,12H2,1-4H3. The summed E-state index contributed by atoms with van der Waals surface area (Å²) in [5, 5.41) is 3.39. The van der Waals surface area contributed by atoms with Gasteiger partial charge in [-0.2, -0.15) is 0 Å². The fourth-order valence-corrected chi connectivity index (χ4v) is 3.55. The third-order valence-corrected chi connectivity index (χ3v) is 5.07. The van der Waals surface area contributed by atoms with Crippen molar-refractivity contribution in [3.63, 3.8) is 0 Å². The average molecular weight is 354 g/mol. The van der Waals surface area contributed by atoms with Crippen LogP contribution in [-0.4, -0.2) is 44.7 Å². The van der Waals surface area contributed by atoms with Gasteiger partial charge in [0.1, 0.15) is 0 Å². The zero-order valence-corrected chi connectivity index (χ0v) is 15.3. The van der Waals surface area contributed by atoms with Crippen LogP contribution in [0.3, 0.4) is 0 Å². The van der Waals surface area contributed by atoms with Gasteiger partial charge in [-0.3, -0.25) is 0 Å². The SMILES string of the molecule is CCC1CN(C)CCCN1c1cc(Br)ccc1C(C)NC. The number of rotatable bonds is 4. The maximum absolute atomic E-state index is 3.65. The Bertz CT molecular complexity index is 463. The molecule has 1 aliphatic rings. The highest BCUT2D eigenvalue weighted by Crippen LogP contribution is 2.32. The third kappa shape index (κ3) is 3.99. The number of hydrogen-bond acceptors (Lipinski definition) is 3. The lowest BCUT2D eigenvalue weighted by atomic mass is 10.0. The number of hydrogen-bond donors (Lipinski definition) is 1. The molecule has 118 valence electrons. The second-order valence-electron chi connectivity index (χ2n) is 6.08. The van der Waals surface area contributed by atoms with Crippen LogP contribution in [0.2, 0.25) is 0 Å². The monoisotopic (exact) mass is 353 g/mol. The molecule has 4 heteroatoms. The van der Waals surface area contributed by atoms with Gasteiger partial charge >= 0.3 is 0 Å². The van der Waals surface area contributed by atoms with Crippen molar-refractivity contribution in [2.45, 2.75) is 38.8 Å². The van der Waals surface area contributed by atoms with Crippen molar-refractivity contribution in [2.75, 3.05) is 38.6 Å². The molecule has 0 amide bonds. The molecule has 0 aliphatic carbocycles. The van der Waals surface area contributed by atoms with Crippen LogP contribution in [0.5, 0.6) is 0 Å². The molecule has 21 heavy (non-hydrogen) atoms. The summed E-state index contributed by atoms with van der Waals surface area (Å²) < 4.78 is 1.16. The lowest BCUT2D eigenvalue weighted by Crippen LogP contribution is -2.40. The van der Waals surface area contributed by atoms with Gasteiger partial charge in [0.2, 0.25) is 0 Å². The molecule has 2 atom stereocenters. The molecule has 2 unspecified atom stereocenters.